The molecular formula is C105H123N17O8. The van der Waals surface area contributed by atoms with Crippen LogP contribution in [0.4, 0.5) is 46.0 Å². The van der Waals surface area contributed by atoms with Crippen molar-refractivity contribution in [3.63, 3.8) is 0 Å². The summed E-state index contributed by atoms with van der Waals surface area (Å²) in [6, 6.07) is 63.3. The largest absolute Gasteiger partial charge is 0.496 e. The van der Waals surface area contributed by atoms with Gasteiger partial charge in [0.1, 0.15) is 63.7 Å². The summed E-state index contributed by atoms with van der Waals surface area (Å²) in [5.74, 6) is 13.7. The van der Waals surface area contributed by atoms with Crippen molar-refractivity contribution in [2.24, 2.45) is 0 Å². The lowest BCUT2D eigenvalue weighted by Crippen LogP contribution is -2.40. The second-order valence-corrected chi connectivity index (χ2v) is 35.7. The van der Waals surface area contributed by atoms with Crippen molar-refractivity contribution in [2.75, 3.05) is 207 Å². The average Bonchev–Trinajstić information content (AvgIpc) is 1.77. The molecule has 13 aromatic rings. The number of benzene rings is 9. The first-order chi connectivity index (χ1) is 63.7. The number of morpholine rings is 1. The first-order valence-electron chi connectivity index (χ1n) is 46.6. The summed E-state index contributed by atoms with van der Waals surface area (Å²) in [4.78, 5) is 60.7. The zero-order valence-electron chi connectivity index (χ0n) is 76.5. The Bertz CT molecular complexity index is 6120. The third-order valence-electron chi connectivity index (χ3n) is 27.1. The van der Waals surface area contributed by atoms with Gasteiger partial charge in [0.05, 0.1) is 83.5 Å². The van der Waals surface area contributed by atoms with E-state index in [0.29, 0.717) is 43.3 Å². The number of piperidine rings is 1. The molecule has 0 bridgehead atoms. The first-order valence-corrected chi connectivity index (χ1v) is 46.6. The SMILES string of the molecule is COc1cccc2c1CCN(c1nc(C3CC3)nc3ccc(N(C)CCO)cc13)C2.COc1cccc2c1CCN(c1nc(C3CC3)nc3ccc(N(C)CCO)cc13)CC2.COc1cccc2c1CN(c1nc(C3CC3)nc3ccc(N(C)CCO)cc13)C2.COc1ccccc1C1CCN(c2nc(-c3ccccc3)nc3ccc(N(C)CCN4CCOCC4)cc23)CC1. The smallest absolute Gasteiger partial charge is 0.162 e. The highest BCUT2D eigenvalue weighted by atomic mass is 16.5. The van der Waals surface area contributed by atoms with Gasteiger partial charge in [-0.2, -0.15) is 0 Å². The highest BCUT2D eigenvalue weighted by molar-refractivity contribution is 5.96. The summed E-state index contributed by atoms with van der Waals surface area (Å²) < 4.78 is 28.0. The van der Waals surface area contributed by atoms with Crippen LogP contribution in [-0.4, -0.2) is 228 Å². The number of nitrogens with zero attached hydrogens (tertiary/aromatic N) is 17. The van der Waals surface area contributed by atoms with Gasteiger partial charge in [0, 0.05) is 205 Å². The van der Waals surface area contributed by atoms with E-state index in [2.05, 4.69) is 197 Å². The predicted octanol–water partition coefficient (Wildman–Crippen LogP) is 16.0. The Morgan fingerprint density at radius 3 is 1.22 bits per heavy atom. The Kier molecular flexibility index (Phi) is 27.5. The van der Waals surface area contributed by atoms with Crippen LogP contribution in [0.25, 0.3) is 55.0 Å². The van der Waals surface area contributed by atoms with Crippen LogP contribution in [-0.2, 0) is 43.6 Å². The van der Waals surface area contributed by atoms with Crippen LogP contribution in [0.5, 0.6) is 23.0 Å². The third kappa shape index (κ3) is 19.9. The number of likely N-dealkylation sites (N-methyl/N-ethyl adjacent to an activating group) is 4. The molecule has 0 amide bonds. The normalized spacial score (nSPS) is 16.2. The maximum atomic E-state index is 9.35. The average molecular weight is 1750 g/mol. The highest BCUT2D eigenvalue weighted by Gasteiger charge is 2.35. The summed E-state index contributed by atoms with van der Waals surface area (Å²) in [7, 11) is 15.2. The molecule has 0 spiro atoms. The van der Waals surface area contributed by atoms with E-state index in [0.717, 1.165) is 260 Å². The number of ether oxygens (including phenoxy) is 5. The van der Waals surface area contributed by atoms with Gasteiger partial charge < -0.3 is 78.2 Å². The fourth-order valence-corrected chi connectivity index (χ4v) is 19.0. The number of aromatic nitrogens is 8. The number of hydrogen-bond donors (Lipinski definition) is 3. The van der Waals surface area contributed by atoms with E-state index in [1.54, 1.807) is 28.4 Å². The Labute approximate surface area is 763 Å². The molecular weight excluding hydrogens is 1630 g/mol. The van der Waals surface area contributed by atoms with Gasteiger partial charge in [-0.25, -0.2) is 39.9 Å². The number of para-hydroxylation sites is 1. The topological polar surface area (TPSA) is 239 Å². The molecule has 0 unspecified atom stereocenters. The van der Waals surface area contributed by atoms with Crippen LogP contribution >= 0.6 is 0 Å². The lowest BCUT2D eigenvalue weighted by Gasteiger charge is -2.34. The molecule has 21 rings (SSSR count). The molecule has 3 aliphatic carbocycles. The van der Waals surface area contributed by atoms with Crippen LogP contribution in [0.1, 0.15) is 131 Å². The Balaban J connectivity index is 0.000000118. The molecule has 25 heteroatoms. The molecule has 130 heavy (non-hydrogen) atoms. The molecule has 3 N–H and O–H groups in total. The summed E-state index contributed by atoms with van der Waals surface area (Å²) in [6.45, 7) is 14.9. The Morgan fingerprint density at radius 2 is 0.731 bits per heavy atom. The van der Waals surface area contributed by atoms with Gasteiger partial charge in [-0.1, -0.05) is 84.9 Å². The molecule has 25 nitrogen and oxygen atoms in total. The quantitative estimate of drug-likeness (QED) is 0.0456. The zero-order valence-corrected chi connectivity index (χ0v) is 76.5. The number of hydrogen-bond acceptors (Lipinski definition) is 25. The highest BCUT2D eigenvalue weighted by Crippen LogP contribution is 2.47. The number of aliphatic hydroxyl groups is 3. The van der Waals surface area contributed by atoms with E-state index < -0.39 is 0 Å². The van der Waals surface area contributed by atoms with Crippen molar-refractivity contribution < 1.29 is 39.0 Å². The van der Waals surface area contributed by atoms with Crippen LogP contribution in [0, 0.1) is 0 Å². The lowest BCUT2D eigenvalue weighted by molar-refractivity contribution is 0.0393. The molecule has 0 radical (unpaired) electrons. The Hall–Kier alpha value is -12.3. The van der Waals surface area contributed by atoms with Crippen molar-refractivity contribution in [1.29, 1.82) is 0 Å². The van der Waals surface area contributed by atoms with Gasteiger partial charge in [-0.3, -0.25) is 4.90 Å². The van der Waals surface area contributed by atoms with Gasteiger partial charge in [0.15, 0.2) is 5.82 Å². The Morgan fingerprint density at radius 1 is 0.338 bits per heavy atom. The molecule has 9 heterocycles. The van der Waals surface area contributed by atoms with Gasteiger partial charge in [0.25, 0.3) is 0 Å². The first kappa shape index (κ1) is 88.4. The number of aliphatic hydroxyl groups excluding tert-OH is 3. The molecule has 2 saturated heterocycles. The van der Waals surface area contributed by atoms with Crippen molar-refractivity contribution in [1.82, 2.24) is 44.8 Å². The predicted molar refractivity (Wildman–Crippen MR) is 522 cm³/mol. The minimum atomic E-state index is 0.125. The van der Waals surface area contributed by atoms with Crippen molar-refractivity contribution in [3.05, 3.63) is 238 Å². The van der Waals surface area contributed by atoms with Crippen LogP contribution in [0.2, 0.25) is 0 Å². The monoisotopic (exact) mass is 1750 g/mol. The van der Waals surface area contributed by atoms with Crippen molar-refractivity contribution in [3.8, 4) is 34.4 Å². The molecule has 5 aliphatic heterocycles. The van der Waals surface area contributed by atoms with E-state index in [1.165, 1.54) is 83.2 Å². The van der Waals surface area contributed by atoms with E-state index in [1.807, 2.05) is 57.5 Å². The molecule has 5 fully saturated rings. The van der Waals surface area contributed by atoms with E-state index in [4.69, 9.17) is 63.6 Å². The van der Waals surface area contributed by atoms with Crippen LogP contribution < -0.4 is 58.1 Å². The second-order valence-electron chi connectivity index (χ2n) is 35.7. The minimum absolute atomic E-state index is 0.125. The van der Waals surface area contributed by atoms with E-state index in [9.17, 15) is 15.3 Å². The van der Waals surface area contributed by atoms with Crippen molar-refractivity contribution >= 4 is 89.6 Å². The van der Waals surface area contributed by atoms with Crippen LogP contribution in [0.15, 0.2) is 182 Å². The number of fused-ring (bicyclic) bond motifs is 7. The molecule has 3 saturated carbocycles. The van der Waals surface area contributed by atoms with Gasteiger partial charge in [-0.15, -0.1) is 0 Å². The standard InChI is InChI=1S/C33H39N5O2.C25H30N4O2.C24H28N4O2.C23H26N4O2/c1-36(18-19-37-20-22-40-23-21-37)27-12-13-30-29(24-27)33(35-32(34-30)26-8-4-3-5-9-26)38-16-14-25(15-17-38)28-10-6-7-11-31(28)39-2;1-28(14-15-30)19-8-9-22-21(16-19)25(27-24(26-22)18-6-7-18)29-12-10-17-4-3-5-23(31-2)20(17)11-13-29;1-27(12-13-29)18-8-9-21-20(14-18)24(26-23(25-21)16-6-7-16)28-11-10-19-17(15-28)4-3-5-22(19)30-2;1-26(10-11-28)17-8-9-20-18(12-17)23(25-22(24-20)15-6-7-15)27-13-16-4-3-5-21(29-2)19(16)14-27/h3-13,24-25H,14-23H2,1-2H3;3-5,8-9,16,18,30H,6-7,10-15H2,1-2H3;3-5,8-9,14,16,29H,6-7,10-13,15H2,1-2H3;3-5,8-9,12,15,28H,6-7,10-11,13-14H2,1-2H3. The molecule has 0 atom stereocenters. The number of methoxy groups -OCH3 is 4. The number of rotatable bonds is 26. The van der Waals surface area contributed by atoms with Crippen LogP contribution in [0.3, 0.4) is 0 Å². The van der Waals surface area contributed by atoms with E-state index >= 15 is 0 Å². The molecule has 8 aliphatic rings. The molecule has 9 aromatic carbocycles. The number of anilines is 8. The van der Waals surface area contributed by atoms with Gasteiger partial charge in [-0.05, 0) is 201 Å². The fraction of sp³-hybridized carbons (Fsp3) is 0.410. The maximum Gasteiger partial charge on any atom is 0.162 e. The third-order valence-corrected chi connectivity index (χ3v) is 27.1. The minimum Gasteiger partial charge on any atom is -0.496 e. The van der Waals surface area contributed by atoms with Gasteiger partial charge >= 0.3 is 0 Å². The van der Waals surface area contributed by atoms with E-state index in [-0.39, 0.29) is 19.8 Å². The summed E-state index contributed by atoms with van der Waals surface area (Å²) in [5.41, 5.74) is 18.6. The molecule has 676 valence electrons. The summed E-state index contributed by atoms with van der Waals surface area (Å²) in [6.07, 6.45) is 12.1. The summed E-state index contributed by atoms with van der Waals surface area (Å²) in [5, 5.41) is 32.3. The second kappa shape index (κ2) is 40.4. The van der Waals surface area contributed by atoms with Gasteiger partial charge in [0.2, 0.25) is 0 Å². The lowest BCUT2D eigenvalue weighted by atomic mass is 9.88. The zero-order chi connectivity index (χ0) is 89.3. The van der Waals surface area contributed by atoms with Crippen molar-refractivity contribution in [2.45, 2.75) is 114 Å². The maximum absolute atomic E-state index is 9.35. The summed E-state index contributed by atoms with van der Waals surface area (Å²) >= 11 is 0. The fourth-order valence-electron chi connectivity index (χ4n) is 19.0. The molecule has 4 aromatic heterocycles.